The van der Waals surface area contributed by atoms with Crippen LogP contribution in [0.4, 0.5) is 0 Å². The number of carbonyl (C=O) groups excluding carboxylic acids is 1. The monoisotopic (exact) mass is 349 g/mol. The number of aryl methyl sites for hydroxylation is 1. The topological polar surface area (TPSA) is 128 Å². The van der Waals surface area contributed by atoms with Crippen LogP contribution in [-0.4, -0.2) is 31.2 Å². The van der Waals surface area contributed by atoms with E-state index in [1.54, 1.807) is 31.2 Å². The molecular weight excluding hydrogens is 334 g/mol. The van der Waals surface area contributed by atoms with Gasteiger partial charge in [-0.05, 0) is 25.1 Å². The van der Waals surface area contributed by atoms with E-state index in [-0.39, 0.29) is 11.6 Å². The smallest absolute Gasteiger partial charge is 0.267 e. The van der Waals surface area contributed by atoms with E-state index in [1.165, 1.54) is 19.2 Å². The second-order valence-corrected chi connectivity index (χ2v) is 5.66. The Hall–Kier alpha value is -3.57. The molecule has 1 unspecified atom stereocenters. The molecule has 3 N–H and O–H groups in total. The van der Waals surface area contributed by atoms with Gasteiger partial charge in [0.1, 0.15) is 5.69 Å². The van der Waals surface area contributed by atoms with Crippen molar-refractivity contribution in [2.45, 2.75) is 19.4 Å². The number of primary amides is 1. The summed E-state index contributed by atoms with van der Waals surface area (Å²) in [7, 11) is 0. The maximum atomic E-state index is 11.3. The quantitative estimate of drug-likeness (QED) is 0.680. The molecule has 0 saturated carbocycles. The first kappa shape index (κ1) is 17.3. The molecule has 2 heterocycles. The van der Waals surface area contributed by atoms with Crippen LogP contribution in [0.5, 0.6) is 0 Å². The third-order valence-corrected chi connectivity index (χ3v) is 3.42. The molecule has 0 aliphatic heterocycles. The standard InChI is InChI=1S/C18H15N5O3/c1-11-22-23-17(26-11)18(2,25)8-6-12-4-3-5-13(10-12)16-20-9-7-14(21-16)15(19)24/h3-5,7,9-10,25H,1-2H3,(H2,19,24). The summed E-state index contributed by atoms with van der Waals surface area (Å²) in [5.74, 6) is 5.66. The minimum atomic E-state index is -1.58. The Morgan fingerprint density at radius 1 is 1.31 bits per heavy atom. The number of benzene rings is 1. The van der Waals surface area contributed by atoms with Gasteiger partial charge in [-0.1, -0.05) is 24.0 Å². The number of carbonyl (C=O) groups is 1. The Balaban J connectivity index is 1.91. The zero-order valence-corrected chi connectivity index (χ0v) is 14.1. The summed E-state index contributed by atoms with van der Waals surface area (Å²) in [4.78, 5) is 19.5. The molecule has 8 nitrogen and oxygen atoms in total. The second kappa shape index (κ2) is 6.74. The van der Waals surface area contributed by atoms with Gasteiger partial charge in [-0.25, -0.2) is 9.97 Å². The van der Waals surface area contributed by atoms with Gasteiger partial charge in [0.2, 0.25) is 11.5 Å². The van der Waals surface area contributed by atoms with E-state index in [1.807, 2.05) is 0 Å². The van der Waals surface area contributed by atoms with Gasteiger partial charge in [0, 0.05) is 24.2 Å². The van der Waals surface area contributed by atoms with Crippen molar-refractivity contribution in [1.29, 1.82) is 0 Å². The van der Waals surface area contributed by atoms with Crippen molar-refractivity contribution in [1.82, 2.24) is 20.2 Å². The van der Waals surface area contributed by atoms with Gasteiger partial charge in [0.25, 0.3) is 11.8 Å². The molecule has 8 heteroatoms. The summed E-state index contributed by atoms with van der Waals surface area (Å²) in [6.45, 7) is 3.10. The van der Waals surface area contributed by atoms with Gasteiger partial charge in [-0.2, -0.15) is 0 Å². The number of rotatable bonds is 3. The highest BCUT2D eigenvalue weighted by atomic mass is 16.4. The number of aliphatic hydroxyl groups is 1. The van der Waals surface area contributed by atoms with Gasteiger partial charge in [-0.15, -0.1) is 10.2 Å². The maximum Gasteiger partial charge on any atom is 0.267 e. The van der Waals surface area contributed by atoms with E-state index in [4.69, 9.17) is 10.2 Å². The molecule has 1 amide bonds. The molecule has 130 valence electrons. The van der Waals surface area contributed by atoms with Crippen molar-refractivity contribution < 1.29 is 14.3 Å². The normalized spacial score (nSPS) is 12.7. The van der Waals surface area contributed by atoms with Crippen LogP contribution in [0.3, 0.4) is 0 Å². The molecule has 1 aromatic carbocycles. The molecule has 26 heavy (non-hydrogen) atoms. The molecular formula is C18H15N5O3. The summed E-state index contributed by atoms with van der Waals surface area (Å²) in [5, 5.41) is 17.9. The highest BCUT2D eigenvalue weighted by Gasteiger charge is 2.27. The first-order valence-electron chi connectivity index (χ1n) is 7.64. The third kappa shape index (κ3) is 3.74. The Morgan fingerprint density at radius 3 is 2.81 bits per heavy atom. The molecule has 3 aromatic rings. The largest absolute Gasteiger partial charge is 0.421 e. The van der Waals surface area contributed by atoms with E-state index in [9.17, 15) is 9.90 Å². The van der Waals surface area contributed by atoms with Crippen LogP contribution in [0.25, 0.3) is 11.4 Å². The molecule has 0 spiro atoms. The van der Waals surface area contributed by atoms with Crippen LogP contribution < -0.4 is 5.73 Å². The summed E-state index contributed by atoms with van der Waals surface area (Å²) < 4.78 is 5.23. The molecule has 0 fully saturated rings. The predicted molar refractivity (Wildman–Crippen MR) is 91.5 cm³/mol. The third-order valence-electron chi connectivity index (χ3n) is 3.42. The Kier molecular flexibility index (Phi) is 4.47. The van der Waals surface area contributed by atoms with E-state index in [0.29, 0.717) is 22.8 Å². The number of aromatic nitrogens is 4. The maximum absolute atomic E-state index is 11.3. The minimum absolute atomic E-state index is 0.0242. The van der Waals surface area contributed by atoms with Crippen molar-refractivity contribution in [2.75, 3.05) is 0 Å². The predicted octanol–water partition coefficient (Wildman–Crippen LogP) is 1.19. The average Bonchev–Trinajstić information content (AvgIpc) is 3.08. The van der Waals surface area contributed by atoms with Crippen LogP contribution in [0.15, 0.2) is 40.9 Å². The van der Waals surface area contributed by atoms with Crippen LogP contribution in [-0.2, 0) is 5.60 Å². The molecule has 0 aliphatic carbocycles. The molecule has 0 bridgehead atoms. The first-order chi connectivity index (χ1) is 12.3. The minimum Gasteiger partial charge on any atom is -0.421 e. The second-order valence-electron chi connectivity index (χ2n) is 5.66. The fourth-order valence-corrected chi connectivity index (χ4v) is 2.11. The lowest BCUT2D eigenvalue weighted by molar-refractivity contribution is 0.0881. The zero-order chi connectivity index (χ0) is 18.7. The molecule has 3 rings (SSSR count). The van der Waals surface area contributed by atoms with Crippen molar-refractivity contribution in [3.63, 3.8) is 0 Å². The van der Waals surface area contributed by atoms with Gasteiger partial charge in [-0.3, -0.25) is 4.79 Å². The molecule has 2 aromatic heterocycles. The van der Waals surface area contributed by atoms with Crippen LogP contribution in [0, 0.1) is 18.8 Å². The van der Waals surface area contributed by atoms with Gasteiger partial charge in [0.05, 0.1) is 0 Å². The number of nitrogens with zero attached hydrogens (tertiary/aromatic N) is 4. The molecule has 0 radical (unpaired) electrons. The molecule has 1 atom stereocenters. The summed E-state index contributed by atoms with van der Waals surface area (Å²) in [6, 6.07) is 8.50. The Morgan fingerprint density at radius 2 is 2.12 bits per heavy atom. The lowest BCUT2D eigenvalue weighted by atomic mass is 10.1. The lowest BCUT2D eigenvalue weighted by Crippen LogP contribution is -2.19. The van der Waals surface area contributed by atoms with Crippen LogP contribution in [0.1, 0.15) is 34.8 Å². The molecule has 0 aliphatic rings. The average molecular weight is 349 g/mol. The first-order valence-corrected chi connectivity index (χ1v) is 7.64. The van der Waals surface area contributed by atoms with E-state index in [0.717, 1.165) is 0 Å². The Labute approximate surface area is 149 Å². The summed E-state index contributed by atoms with van der Waals surface area (Å²) in [6.07, 6.45) is 1.46. The highest BCUT2D eigenvalue weighted by Crippen LogP contribution is 2.19. The fourth-order valence-electron chi connectivity index (χ4n) is 2.11. The van der Waals surface area contributed by atoms with Crippen LogP contribution >= 0.6 is 0 Å². The SMILES string of the molecule is Cc1nnc(C(C)(O)C#Cc2cccc(-c3nccc(C(N)=O)n3)c2)o1. The van der Waals surface area contributed by atoms with Gasteiger partial charge in [0.15, 0.2) is 5.82 Å². The summed E-state index contributed by atoms with van der Waals surface area (Å²) >= 11 is 0. The zero-order valence-electron chi connectivity index (χ0n) is 14.1. The van der Waals surface area contributed by atoms with E-state index >= 15 is 0 Å². The number of amides is 1. The van der Waals surface area contributed by atoms with Gasteiger partial charge >= 0.3 is 0 Å². The number of hydrogen-bond acceptors (Lipinski definition) is 7. The van der Waals surface area contributed by atoms with E-state index < -0.39 is 11.5 Å². The van der Waals surface area contributed by atoms with Crippen molar-refractivity contribution >= 4 is 5.91 Å². The van der Waals surface area contributed by atoms with Crippen molar-refractivity contribution in [3.8, 4) is 23.2 Å². The van der Waals surface area contributed by atoms with Crippen molar-refractivity contribution in [2.24, 2.45) is 5.73 Å². The Bertz CT molecular complexity index is 1030. The van der Waals surface area contributed by atoms with E-state index in [2.05, 4.69) is 32.0 Å². The number of nitrogens with two attached hydrogens (primary N) is 1. The van der Waals surface area contributed by atoms with Gasteiger partial charge < -0.3 is 15.3 Å². The molecule has 0 saturated heterocycles. The summed E-state index contributed by atoms with van der Waals surface area (Å²) in [5.41, 5.74) is 5.06. The van der Waals surface area contributed by atoms with Crippen molar-refractivity contribution in [3.05, 3.63) is 59.6 Å². The van der Waals surface area contributed by atoms with Crippen LogP contribution in [0.2, 0.25) is 0 Å². The fraction of sp³-hybridized carbons (Fsp3) is 0.167. The highest BCUT2D eigenvalue weighted by molar-refractivity contribution is 5.91. The number of hydrogen-bond donors (Lipinski definition) is 2. The lowest BCUT2D eigenvalue weighted by Gasteiger charge is -2.09.